The number of aryl methyl sites for hydroxylation is 1. The fraction of sp³-hybridized carbons (Fsp3) is 0.667. The third-order valence-electron chi connectivity index (χ3n) is 2.45. The van der Waals surface area contributed by atoms with Crippen molar-refractivity contribution in [2.45, 2.75) is 30.0 Å². The third kappa shape index (κ3) is 1.29. The van der Waals surface area contributed by atoms with Crippen LogP contribution in [0.4, 0.5) is 0 Å². The molecule has 66 valence electrons. The molecule has 1 heterocycles. The van der Waals surface area contributed by atoms with Crippen LogP contribution in [0, 0.1) is 0 Å². The highest BCUT2D eigenvalue weighted by Crippen LogP contribution is 2.28. The molecule has 0 unspecified atom stereocenters. The van der Waals surface area contributed by atoms with Crippen molar-refractivity contribution >= 4 is 23.1 Å². The first-order valence-corrected chi connectivity index (χ1v) is 6.41. The predicted molar refractivity (Wildman–Crippen MR) is 53.9 cm³/mol. The lowest BCUT2D eigenvalue weighted by atomic mass is 10.0. The largest absolute Gasteiger partial charge is 0.297 e. The molecule has 1 aromatic heterocycles. The van der Waals surface area contributed by atoms with Crippen LogP contribution in [0.15, 0.2) is 4.34 Å². The monoisotopic (exact) mass is 200 g/mol. The molecule has 0 fully saturated rings. The molecule has 2 rings (SSSR count). The normalized spacial score (nSPS) is 16.2. The quantitative estimate of drug-likeness (QED) is 0.496. The van der Waals surface area contributed by atoms with E-state index in [1.165, 1.54) is 30.0 Å². The predicted octanol–water partition coefficient (Wildman–Crippen LogP) is 2.17. The van der Waals surface area contributed by atoms with Crippen LogP contribution < -0.4 is 4.57 Å². The van der Waals surface area contributed by atoms with E-state index in [2.05, 4.69) is 17.9 Å². The zero-order valence-corrected chi connectivity index (χ0v) is 9.23. The van der Waals surface area contributed by atoms with Gasteiger partial charge in [0.15, 0.2) is 5.69 Å². The number of nitrogens with zero attached hydrogens (tertiary/aromatic N) is 1. The number of hydrogen-bond donors (Lipinski definition) is 0. The Balaban J connectivity index is 2.44. The van der Waals surface area contributed by atoms with Crippen molar-refractivity contribution in [2.24, 2.45) is 7.05 Å². The van der Waals surface area contributed by atoms with Crippen molar-refractivity contribution in [3.8, 4) is 0 Å². The smallest absolute Gasteiger partial charge is 0.183 e. The summed E-state index contributed by atoms with van der Waals surface area (Å²) in [5.74, 6) is 0. The molecule has 0 bridgehead atoms. The number of fused-ring (bicyclic) bond motifs is 1. The fourth-order valence-electron chi connectivity index (χ4n) is 1.79. The average Bonchev–Trinajstić information content (AvgIpc) is 2.44. The summed E-state index contributed by atoms with van der Waals surface area (Å²) in [6.07, 6.45) is 7.54. The summed E-state index contributed by atoms with van der Waals surface area (Å²) in [6.45, 7) is 0. The molecule has 0 N–H and O–H groups in total. The second kappa shape index (κ2) is 3.38. The summed E-state index contributed by atoms with van der Waals surface area (Å²) in [5.41, 5.74) is 1.59. The first-order chi connectivity index (χ1) is 5.83. The minimum absolute atomic E-state index is 1.29. The Kier molecular flexibility index (Phi) is 2.42. The minimum Gasteiger partial charge on any atom is -0.183 e. The molecule has 0 radical (unpaired) electrons. The summed E-state index contributed by atoms with van der Waals surface area (Å²) < 4.78 is 3.84. The van der Waals surface area contributed by atoms with Gasteiger partial charge < -0.3 is 0 Å². The van der Waals surface area contributed by atoms with Crippen molar-refractivity contribution in [1.29, 1.82) is 0 Å². The molecule has 0 saturated heterocycles. The molecular weight excluding hydrogens is 186 g/mol. The van der Waals surface area contributed by atoms with Crippen molar-refractivity contribution in [3.05, 3.63) is 10.6 Å². The lowest BCUT2D eigenvalue weighted by molar-refractivity contribution is -0.709. The topological polar surface area (TPSA) is 3.88 Å². The molecule has 1 aliphatic rings. The van der Waals surface area contributed by atoms with E-state index in [4.69, 9.17) is 0 Å². The summed E-state index contributed by atoms with van der Waals surface area (Å²) >= 11 is 3.86. The molecule has 12 heavy (non-hydrogen) atoms. The van der Waals surface area contributed by atoms with Crippen molar-refractivity contribution in [3.63, 3.8) is 0 Å². The Morgan fingerprint density at radius 3 is 2.75 bits per heavy atom. The van der Waals surface area contributed by atoms with Gasteiger partial charge in [-0.2, -0.15) is 4.57 Å². The standard InChI is InChI=1S/C9H14NS2/c1-10-7-5-3-4-6-8(7)12-9(10)11-2/h3-6H2,1-2H3/q+1. The van der Waals surface area contributed by atoms with E-state index in [-0.39, 0.29) is 0 Å². The zero-order valence-electron chi connectivity index (χ0n) is 7.59. The molecule has 1 aromatic rings. The molecule has 0 saturated carbocycles. The highest BCUT2D eigenvalue weighted by Gasteiger charge is 2.24. The lowest BCUT2D eigenvalue weighted by Gasteiger charge is -2.04. The van der Waals surface area contributed by atoms with Gasteiger partial charge in [-0.05, 0) is 37.3 Å². The van der Waals surface area contributed by atoms with Gasteiger partial charge in [-0.3, -0.25) is 0 Å². The Bertz CT molecular complexity index is 291. The lowest BCUT2D eigenvalue weighted by Crippen LogP contribution is -2.34. The minimum atomic E-state index is 1.29. The van der Waals surface area contributed by atoms with E-state index in [0.717, 1.165) is 0 Å². The Hall–Kier alpha value is -0.0200. The maximum atomic E-state index is 2.38. The Morgan fingerprint density at radius 1 is 1.33 bits per heavy atom. The molecule has 1 nitrogen and oxygen atoms in total. The fourth-order valence-corrected chi connectivity index (χ4v) is 3.87. The van der Waals surface area contributed by atoms with Crippen LogP contribution >= 0.6 is 23.1 Å². The third-order valence-corrected chi connectivity index (χ3v) is 4.96. The number of thioether (sulfide) groups is 1. The highest BCUT2D eigenvalue weighted by molar-refractivity contribution is 8.00. The van der Waals surface area contributed by atoms with Crippen molar-refractivity contribution in [2.75, 3.05) is 6.26 Å². The number of thiazole rings is 1. The van der Waals surface area contributed by atoms with E-state index < -0.39 is 0 Å². The van der Waals surface area contributed by atoms with Crippen LogP contribution in [0.25, 0.3) is 0 Å². The SMILES string of the molecule is CSc1sc2c([n+]1C)CCCC2. The second-order valence-corrected chi connectivity index (χ2v) is 5.35. The number of hydrogen-bond acceptors (Lipinski definition) is 2. The molecule has 0 aliphatic heterocycles. The van der Waals surface area contributed by atoms with Crippen molar-refractivity contribution < 1.29 is 4.57 Å². The number of rotatable bonds is 1. The van der Waals surface area contributed by atoms with Gasteiger partial charge in [-0.25, -0.2) is 0 Å². The summed E-state index contributed by atoms with van der Waals surface area (Å²) in [4.78, 5) is 1.63. The van der Waals surface area contributed by atoms with Gasteiger partial charge in [-0.1, -0.05) is 11.3 Å². The van der Waals surface area contributed by atoms with E-state index >= 15 is 0 Å². The van der Waals surface area contributed by atoms with Crippen LogP contribution in [0.5, 0.6) is 0 Å². The maximum Gasteiger partial charge on any atom is 0.297 e. The molecule has 0 atom stereocenters. The van der Waals surface area contributed by atoms with Gasteiger partial charge in [0, 0.05) is 6.42 Å². The van der Waals surface area contributed by atoms with Gasteiger partial charge in [0.25, 0.3) is 4.34 Å². The molecule has 0 spiro atoms. The summed E-state index contributed by atoms with van der Waals surface area (Å²) in [7, 11) is 2.20. The van der Waals surface area contributed by atoms with Crippen LogP contribution in [0.3, 0.4) is 0 Å². The van der Waals surface area contributed by atoms with Gasteiger partial charge in [-0.15, -0.1) is 0 Å². The first kappa shape index (κ1) is 8.57. The number of aromatic nitrogens is 1. The average molecular weight is 200 g/mol. The maximum absolute atomic E-state index is 2.38. The highest BCUT2D eigenvalue weighted by atomic mass is 32.2. The van der Waals surface area contributed by atoms with Crippen LogP contribution in [0.2, 0.25) is 0 Å². The van der Waals surface area contributed by atoms with E-state index in [0.29, 0.717) is 0 Å². The summed E-state index contributed by atoms with van der Waals surface area (Å²) in [6, 6.07) is 0. The van der Waals surface area contributed by atoms with Gasteiger partial charge in [0.05, 0.1) is 4.88 Å². The first-order valence-electron chi connectivity index (χ1n) is 4.37. The molecule has 0 aromatic carbocycles. The van der Waals surface area contributed by atoms with Crippen LogP contribution in [0.1, 0.15) is 23.4 Å². The van der Waals surface area contributed by atoms with E-state index in [1.807, 2.05) is 23.1 Å². The molecule has 3 heteroatoms. The van der Waals surface area contributed by atoms with Gasteiger partial charge in [0.1, 0.15) is 7.05 Å². The molecular formula is C9H14NS2+. The Labute approximate surface area is 81.8 Å². The van der Waals surface area contributed by atoms with Crippen molar-refractivity contribution in [1.82, 2.24) is 0 Å². The molecule has 0 amide bonds. The zero-order chi connectivity index (χ0) is 8.55. The van der Waals surface area contributed by atoms with Crippen LogP contribution in [-0.4, -0.2) is 6.26 Å². The van der Waals surface area contributed by atoms with E-state index in [1.54, 1.807) is 10.6 Å². The summed E-state index contributed by atoms with van der Waals surface area (Å²) in [5, 5.41) is 0. The van der Waals surface area contributed by atoms with Crippen LogP contribution in [-0.2, 0) is 19.9 Å². The second-order valence-electron chi connectivity index (χ2n) is 3.21. The Morgan fingerprint density at radius 2 is 2.08 bits per heavy atom. The van der Waals surface area contributed by atoms with E-state index in [9.17, 15) is 0 Å². The van der Waals surface area contributed by atoms with Gasteiger partial charge in [0.2, 0.25) is 0 Å². The molecule has 1 aliphatic carbocycles. The van der Waals surface area contributed by atoms with Gasteiger partial charge >= 0.3 is 0 Å².